The monoisotopic (exact) mass is 482 g/mol. The van der Waals surface area contributed by atoms with Crippen LogP contribution in [0.25, 0.3) is 21.6 Å². The van der Waals surface area contributed by atoms with Crippen LogP contribution in [-0.2, 0) is 6.54 Å². The number of carbonyl (C=O) groups is 1. The third kappa shape index (κ3) is 4.36. The second-order valence-electron chi connectivity index (χ2n) is 8.18. The van der Waals surface area contributed by atoms with E-state index in [4.69, 9.17) is 16.1 Å². The predicted octanol–water partition coefficient (Wildman–Crippen LogP) is 4.28. The molecule has 1 saturated heterocycles. The van der Waals surface area contributed by atoms with Crippen LogP contribution < -0.4 is 0 Å². The first kappa shape index (κ1) is 21.9. The third-order valence-corrected chi connectivity index (χ3v) is 7.29. The number of aromatic nitrogens is 4. The Morgan fingerprint density at radius 3 is 2.52 bits per heavy atom. The second-order valence-corrected chi connectivity index (χ2v) is 9.62. The number of nitrogens with zero attached hydrogens (tertiary/aromatic N) is 6. The van der Waals surface area contributed by atoms with Crippen molar-refractivity contribution in [1.82, 2.24) is 29.9 Å². The average molecular weight is 483 g/mol. The molecule has 1 aromatic carbocycles. The number of amides is 1. The minimum atomic E-state index is 0.0648. The highest BCUT2D eigenvalue weighted by Gasteiger charge is 2.27. The quantitative estimate of drug-likeness (QED) is 0.429. The summed E-state index contributed by atoms with van der Waals surface area (Å²) in [6.45, 7) is 9.17. The number of halogens is 1. The summed E-state index contributed by atoms with van der Waals surface area (Å²) < 4.78 is 5.44. The van der Waals surface area contributed by atoms with E-state index >= 15 is 0 Å². The van der Waals surface area contributed by atoms with Gasteiger partial charge in [-0.1, -0.05) is 16.8 Å². The Balaban J connectivity index is 1.23. The van der Waals surface area contributed by atoms with Crippen LogP contribution in [0.4, 0.5) is 0 Å². The summed E-state index contributed by atoms with van der Waals surface area (Å²) in [5.74, 6) is 1.90. The van der Waals surface area contributed by atoms with Crippen molar-refractivity contribution in [2.75, 3.05) is 26.2 Å². The number of hydrogen-bond donors (Lipinski definition) is 0. The number of rotatable bonds is 4. The maximum atomic E-state index is 13.3. The summed E-state index contributed by atoms with van der Waals surface area (Å²) >= 11 is 7.41. The minimum absolute atomic E-state index is 0.0648. The van der Waals surface area contributed by atoms with E-state index in [1.807, 2.05) is 37.8 Å². The van der Waals surface area contributed by atoms with E-state index < -0.39 is 0 Å². The number of benzene rings is 1. The lowest BCUT2D eigenvalue weighted by Crippen LogP contribution is -2.48. The van der Waals surface area contributed by atoms with Crippen LogP contribution in [0.15, 0.2) is 28.8 Å². The van der Waals surface area contributed by atoms with Crippen molar-refractivity contribution in [1.29, 1.82) is 0 Å². The van der Waals surface area contributed by atoms with Gasteiger partial charge in [-0.15, -0.1) is 11.3 Å². The van der Waals surface area contributed by atoms with E-state index in [0.29, 0.717) is 36.4 Å². The molecule has 5 rings (SSSR count). The molecule has 0 atom stereocenters. The van der Waals surface area contributed by atoms with Crippen LogP contribution in [0.2, 0.25) is 5.02 Å². The summed E-state index contributed by atoms with van der Waals surface area (Å²) in [5.41, 5.74) is 2.76. The normalized spacial score (nSPS) is 14.8. The second kappa shape index (κ2) is 8.81. The fraction of sp³-hybridized carbons (Fsp3) is 0.348. The van der Waals surface area contributed by atoms with Gasteiger partial charge in [0.15, 0.2) is 0 Å². The number of fused-ring (bicyclic) bond motifs is 1. The molecule has 1 amide bonds. The molecule has 0 aliphatic carbocycles. The number of aryl methyl sites for hydroxylation is 3. The maximum absolute atomic E-state index is 13.3. The highest BCUT2D eigenvalue weighted by atomic mass is 35.5. The zero-order chi connectivity index (χ0) is 23.1. The molecular formula is C23H23ClN6O2S. The molecule has 0 bridgehead atoms. The van der Waals surface area contributed by atoms with E-state index in [1.165, 1.54) is 11.3 Å². The van der Waals surface area contributed by atoms with E-state index in [9.17, 15) is 4.79 Å². The van der Waals surface area contributed by atoms with Gasteiger partial charge in [-0.2, -0.15) is 4.98 Å². The highest BCUT2D eigenvalue weighted by molar-refractivity contribution is 7.20. The predicted molar refractivity (Wildman–Crippen MR) is 128 cm³/mol. The smallest absolute Gasteiger partial charge is 0.264 e. The number of hydrogen-bond acceptors (Lipinski definition) is 8. The summed E-state index contributed by atoms with van der Waals surface area (Å²) in [6.07, 6.45) is 0. The van der Waals surface area contributed by atoms with Crippen LogP contribution in [0.3, 0.4) is 0 Å². The minimum Gasteiger partial charge on any atom is -0.338 e. The Hall–Kier alpha value is -2.88. The first-order valence-electron chi connectivity index (χ1n) is 10.7. The molecule has 1 aliphatic rings. The largest absolute Gasteiger partial charge is 0.338 e. The lowest BCUT2D eigenvalue weighted by molar-refractivity contribution is 0.0619. The fourth-order valence-electron chi connectivity index (χ4n) is 4.16. The van der Waals surface area contributed by atoms with Crippen LogP contribution >= 0.6 is 22.9 Å². The Kier molecular flexibility index (Phi) is 5.86. The molecule has 4 aromatic rings. The van der Waals surface area contributed by atoms with Crippen LogP contribution in [0.1, 0.15) is 32.6 Å². The van der Waals surface area contributed by atoms with Gasteiger partial charge in [-0.05, 0) is 50.6 Å². The molecule has 33 heavy (non-hydrogen) atoms. The fourth-order valence-corrected chi connectivity index (χ4v) is 5.53. The first-order valence-corrected chi connectivity index (χ1v) is 11.9. The van der Waals surface area contributed by atoms with E-state index in [0.717, 1.165) is 50.8 Å². The van der Waals surface area contributed by atoms with Crippen molar-refractivity contribution < 1.29 is 9.32 Å². The molecule has 0 spiro atoms. The zero-order valence-corrected chi connectivity index (χ0v) is 20.2. The molecule has 1 aliphatic heterocycles. The van der Waals surface area contributed by atoms with Gasteiger partial charge >= 0.3 is 0 Å². The van der Waals surface area contributed by atoms with E-state index in [-0.39, 0.29) is 5.91 Å². The van der Waals surface area contributed by atoms with Gasteiger partial charge < -0.3 is 9.42 Å². The van der Waals surface area contributed by atoms with Crippen LogP contribution in [-0.4, -0.2) is 62.0 Å². The summed E-state index contributed by atoms with van der Waals surface area (Å²) in [4.78, 5) is 32.5. The molecule has 0 radical (unpaired) electrons. The lowest BCUT2D eigenvalue weighted by Gasteiger charge is -2.33. The van der Waals surface area contributed by atoms with Gasteiger partial charge in [-0.3, -0.25) is 9.69 Å². The molecule has 3 aromatic heterocycles. The lowest BCUT2D eigenvalue weighted by atomic mass is 10.1. The molecule has 8 nitrogen and oxygen atoms in total. The molecular weight excluding hydrogens is 460 g/mol. The van der Waals surface area contributed by atoms with Crippen LogP contribution in [0.5, 0.6) is 0 Å². The van der Waals surface area contributed by atoms with Gasteiger partial charge in [0.2, 0.25) is 11.7 Å². The van der Waals surface area contributed by atoms with Crippen LogP contribution in [0, 0.1) is 20.8 Å². The van der Waals surface area contributed by atoms with Crippen molar-refractivity contribution in [2.45, 2.75) is 27.3 Å². The Labute approximate surface area is 200 Å². The van der Waals surface area contributed by atoms with Gasteiger partial charge in [0, 0.05) is 47.8 Å². The maximum Gasteiger partial charge on any atom is 0.264 e. The summed E-state index contributed by atoms with van der Waals surface area (Å²) in [7, 11) is 0. The Bertz CT molecular complexity index is 1320. The molecule has 0 N–H and O–H groups in total. The Morgan fingerprint density at radius 2 is 1.79 bits per heavy atom. The zero-order valence-electron chi connectivity index (χ0n) is 18.6. The number of thiophene rings is 1. The number of piperazine rings is 1. The number of carbonyl (C=O) groups excluding carboxylic acids is 1. The Morgan fingerprint density at radius 1 is 1.06 bits per heavy atom. The molecule has 0 unspecified atom stereocenters. The van der Waals surface area contributed by atoms with Crippen molar-refractivity contribution in [3.05, 3.63) is 57.1 Å². The van der Waals surface area contributed by atoms with Crippen molar-refractivity contribution in [2.24, 2.45) is 0 Å². The summed E-state index contributed by atoms with van der Waals surface area (Å²) in [5, 5.41) is 5.74. The molecule has 1 fully saturated rings. The van der Waals surface area contributed by atoms with E-state index in [2.05, 4.69) is 25.0 Å². The van der Waals surface area contributed by atoms with Gasteiger partial charge in [0.25, 0.3) is 5.91 Å². The third-order valence-electron chi connectivity index (χ3n) is 5.87. The van der Waals surface area contributed by atoms with Gasteiger partial charge in [0.05, 0.1) is 11.4 Å². The highest BCUT2D eigenvalue weighted by Crippen LogP contribution is 2.32. The molecule has 170 valence electrons. The summed E-state index contributed by atoms with van der Waals surface area (Å²) in [6, 6.07) is 7.34. The van der Waals surface area contributed by atoms with Crippen molar-refractivity contribution in [3.63, 3.8) is 0 Å². The topological polar surface area (TPSA) is 88.3 Å². The van der Waals surface area contributed by atoms with Crippen molar-refractivity contribution in [3.8, 4) is 11.4 Å². The standard InChI is InChI=1S/C23H23ClN6O2S/c1-13-19-14(2)25-15(3)26-22(19)33-20(13)23(31)30-10-8-29(9-11-30)12-18-27-21(28-32-18)16-4-6-17(24)7-5-16/h4-7H,8-12H2,1-3H3. The molecule has 10 heteroatoms. The SMILES string of the molecule is Cc1nc(C)c2c(C)c(C(=O)N3CCN(Cc4nc(-c5ccc(Cl)cc5)no4)CC3)sc2n1. The van der Waals surface area contributed by atoms with Crippen molar-refractivity contribution >= 4 is 39.1 Å². The molecule has 4 heterocycles. The average Bonchev–Trinajstić information content (AvgIpc) is 3.39. The van der Waals surface area contributed by atoms with E-state index in [1.54, 1.807) is 12.1 Å². The van der Waals surface area contributed by atoms with Gasteiger partial charge in [-0.25, -0.2) is 9.97 Å². The first-order chi connectivity index (χ1) is 15.9. The van der Waals surface area contributed by atoms with Gasteiger partial charge in [0.1, 0.15) is 10.7 Å². The molecule has 0 saturated carbocycles.